The van der Waals surface area contributed by atoms with Crippen LogP contribution in [0.4, 0.5) is 0 Å². The number of carbonyl (C=O) groups excluding carboxylic acids is 1. The quantitative estimate of drug-likeness (QED) is 0.670. The first-order valence-electron chi connectivity index (χ1n) is 10.3. The van der Waals surface area contributed by atoms with E-state index in [1.54, 1.807) is 4.68 Å². The van der Waals surface area contributed by atoms with Crippen molar-refractivity contribution in [1.82, 2.24) is 20.1 Å². The van der Waals surface area contributed by atoms with Crippen molar-refractivity contribution in [3.63, 3.8) is 0 Å². The minimum Gasteiger partial charge on any atom is -0.387 e. The number of hydrogen-bond donors (Lipinski definition) is 2. The zero-order valence-corrected chi connectivity index (χ0v) is 17.4. The third-order valence-electron chi connectivity index (χ3n) is 5.67. The van der Waals surface area contributed by atoms with Gasteiger partial charge in [-0.15, -0.1) is 0 Å². The number of carbonyl (C=O) groups is 1. The van der Waals surface area contributed by atoms with Crippen molar-refractivity contribution in [1.29, 1.82) is 0 Å². The fourth-order valence-corrected chi connectivity index (χ4v) is 3.74. The van der Waals surface area contributed by atoms with Gasteiger partial charge >= 0.3 is 0 Å². The summed E-state index contributed by atoms with van der Waals surface area (Å²) in [6.07, 6.45) is 1.47. The van der Waals surface area contributed by atoms with Gasteiger partial charge in [0.2, 0.25) is 0 Å². The van der Waals surface area contributed by atoms with Crippen LogP contribution < -0.4 is 5.32 Å². The van der Waals surface area contributed by atoms with E-state index in [0.717, 1.165) is 40.8 Å². The van der Waals surface area contributed by atoms with E-state index >= 15 is 0 Å². The van der Waals surface area contributed by atoms with Gasteiger partial charge in [0.05, 0.1) is 22.7 Å². The van der Waals surface area contributed by atoms with Crippen molar-refractivity contribution in [3.05, 3.63) is 58.4 Å². The van der Waals surface area contributed by atoms with Crippen molar-refractivity contribution in [3.8, 4) is 0 Å². The molecule has 2 aromatic heterocycles. The number of benzene rings is 1. The zero-order valence-electron chi connectivity index (χ0n) is 17.4. The number of nitrogens with one attached hydrogen (secondary N) is 1. The molecule has 2 heterocycles. The second-order valence-electron chi connectivity index (χ2n) is 8.32. The predicted molar refractivity (Wildman–Crippen MR) is 113 cm³/mol. The molecular formula is C23H28N4O2. The first kappa shape index (κ1) is 19.6. The van der Waals surface area contributed by atoms with Gasteiger partial charge in [-0.25, -0.2) is 4.98 Å². The fraction of sp³-hybridized carbons (Fsp3) is 0.435. The minimum absolute atomic E-state index is 0.155. The molecule has 0 saturated heterocycles. The number of aliphatic hydroxyl groups excluding tert-OH is 1. The molecule has 0 bridgehead atoms. The van der Waals surface area contributed by atoms with Gasteiger partial charge in [-0.05, 0) is 42.9 Å². The van der Waals surface area contributed by atoms with Gasteiger partial charge in [0.1, 0.15) is 0 Å². The molecule has 1 saturated carbocycles. The molecule has 3 aromatic rings. The molecule has 0 aliphatic heterocycles. The molecular weight excluding hydrogens is 364 g/mol. The fourth-order valence-electron chi connectivity index (χ4n) is 3.74. The lowest BCUT2D eigenvalue weighted by Crippen LogP contribution is -2.28. The zero-order chi connectivity index (χ0) is 20.7. The van der Waals surface area contributed by atoms with Crippen molar-refractivity contribution < 1.29 is 9.90 Å². The smallest absolute Gasteiger partial charge is 0.252 e. The highest BCUT2D eigenvalue weighted by atomic mass is 16.3. The summed E-state index contributed by atoms with van der Waals surface area (Å²) in [5.74, 6) is 0.679. The van der Waals surface area contributed by atoms with Gasteiger partial charge in [0.25, 0.3) is 5.91 Å². The van der Waals surface area contributed by atoms with Crippen LogP contribution in [0.1, 0.15) is 77.5 Å². The first-order chi connectivity index (χ1) is 13.8. The number of nitrogens with zero attached hydrogens (tertiary/aromatic N) is 3. The Morgan fingerprint density at radius 2 is 1.90 bits per heavy atom. The highest BCUT2D eigenvalue weighted by Crippen LogP contribution is 2.40. The van der Waals surface area contributed by atoms with E-state index < -0.39 is 6.10 Å². The molecule has 2 N–H and O–H groups in total. The molecule has 0 spiro atoms. The SMILES string of the molecule is Cc1nn(C)c2nc(C3CC3)cc(C(=O)NCC(O)c3ccc(C(C)C)cc3)c12. The van der Waals surface area contributed by atoms with Crippen molar-refractivity contribution in [2.24, 2.45) is 7.05 Å². The number of amides is 1. The van der Waals surface area contributed by atoms with Crippen molar-refractivity contribution >= 4 is 16.9 Å². The van der Waals surface area contributed by atoms with E-state index in [2.05, 4.69) is 24.3 Å². The van der Waals surface area contributed by atoms with Crippen LogP contribution in [0.15, 0.2) is 30.3 Å². The number of aliphatic hydroxyl groups is 1. The third kappa shape index (κ3) is 3.90. The maximum absolute atomic E-state index is 13.0. The predicted octanol–water partition coefficient (Wildman–Crippen LogP) is 3.74. The van der Waals surface area contributed by atoms with Gasteiger partial charge < -0.3 is 10.4 Å². The number of aryl methyl sites for hydroxylation is 2. The highest BCUT2D eigenvalue weighted by Gasteiger charge is 2.28. The Balaban J connectivity index is 1.54. The summed E-state index contributed by atoms with van der Waals surface area (Å²) in [5, 5.41) is 18.6. The lowest BCUT2D eigenvalue weighted by molar-refractivity contribution is 0.0917. The average Bonchev–Trinajstić information content (AvgIpc) is 3.52. The number of pyridine rings is 1. The summed E-state index contributed by atoms with van der Waals surface area (Å²) in [6, 6.07) is 9.80. The van der Waals surface area contributed by atoms with Crippen LogP contribution in [0.3, 0.4) is 0 Å². The highest BCUT2D eigenvalue weighted by molar-refractivity contribution is 6.06. The Morgan fingerprint density at radius 3 is 2.52 bits per heavy atom. The summed E-state index contributed by atoms with van der Waals surface area (Å²) in [4.78, 5) is 17.7. The molecule has 152 valence electrons. The summed E-state index contributed by atoms with van der Waals surface area (Å²) in [7, 11) is 1.85. The molecule has 1 amide bonds. The van der Waals surface area contributed by atoms with E-state index in [9.17, 15) is 9.90 Å². The van der Waals surface area contributed by atoms with Crippen LogP contribution in [-0.4, -0.2) is 32.3 Å². The molecule has 4 rings (SSSR count). The molecule has 6 nitrogen and oxygen atoms in total. The van der Waals surface area contributed by atoms with Gasteiger partial charge in [-0.3, -0.25) is 9.48 Å². The Hall–Kier alpha value is -2.73. The molecule has 1 aliphatic carbocycles. The van der Waals surface area contributed by atoms with Crippen molar-refractivity contribution in [2.45, 2.75) is 51.6 Å². The standard InChI is InChI=1S/C23H28N4O2/c1-13(2)15-5-9-17(10-6-15)20(28)12-24-23(29)18-11-19(16-7-8-16)25-22-21(18)14(3)26-27(22)4/h5-6,9-11,13,16,20,28H,7-8,12H2,1-4H3,(H,24,29). The van der Waals surface area contributed by atoms with E-state index in [4.69, 9.17) is 4.98 Å². The molecule has 6 heteroatoms. The molecule has 1 aliphatic rings. The Bertz CT molecular complexity index is 1050. The molecule has 1 atom stereocenters. The maximum atomic E-state index is 13.0. The normalized spacial score (nSPS) is 15.1. The lowest BCUT2D eigenvalue weighted by Gasteiger charge is -2.14. The number of fused-ring (bicyclic) bond motifs is 1. The first-order valence-corrected chi connectivity index (χ1v) is 10.3. The second-order valence-corrected chi connectivity index (χ2v) is 8.32. The van der Waals surface area contributed by atoms with Gasteiger partial charge in [-0.1, -0.05) is 38.1 Å². The second kappa shape index (κ2) is 7.59. The van der Waals surface area contributed by atoms with E-state index in [0.29, 0.717) is 17.4 Å². The number of rotatable bonds is 6. The maximum Gasteiger partial charge on any atom is 0.252 e. The van der Waals surface area contributed by atoms with Gasteiger partial charge in [0, 0.05) is 25.2 Å². The van der Waals surface area contributed by atoms with Gasteiger partial charge in [0.15, 0.2) is 5.65 Å². The minimum atomic E-state index is -0.754. The average molecular weight is 393 g/mol. The van der Waals surface area contributed by atoms with Crippen LogP contribution in [0, 0.1) is 6.92 Å². The van der Waals surface area contributed by atoms with E-state index in [-0.39, 0.29) is 12.5 Å². The van der Waals surface area contributed by atoms with E-state index in [1.165, 1.54) is 5.56 Å². The number of hydrogen-bond acceptors (Lipinski definition) is 4. The molecule has 1 aromatic carbocycles. The molecule has 29 heavy (non-hydrogen) atoms. The summed E-state index contributed by atoms with van der Waals surface area (Å²) in [6.45, 7) is 6.32. The van der Waals surface area contributed by atoms with Crippen LogP contribution in [0.25, 0.3) is 11.0 Å². The molecule has 1 fully saturated rings. The van der Waals surface area contributed by atoms with Crippen LogP contribution in [-0.2, 0) is 7.05 Å². The topological polar surface area (TPSA) is 80.0 Å². The molecule has 0 radical (unpaired) electrons. The Morgan fingerprint density at radius 1 is 1.24 bits per heavy atom. The summed E-state index contributed by atoms with van der Waals surface area (Å²) < 4.78 is 1.73. The summed E-state index contributed by atoms with van der Waals surface area (Å²) >= 11 is 0. The lowest BCUT2D eigenvalue weighted by atomic mass is 10.00. The molecule has 1 unspecified atom stereocenters. The Kier molecular flexibility index (Phi) is 5.13. The third-order valence-corrected chi connectivity index (χ3v) is 5.67. The Labute approximate surface area is 171 Å². The van der Waals surface area contributed by atoms with Crippen LogP contribution >= 0.6 is 0 Å². The van der Waals surface area contributed by atoms with Crippen LogP contribution in [0.2, 0.25) is 0 Å². The largest absolute Gasteiger partial charge is 0.387 e. The van der Waals surface area contributed by atoms with Gasteiger partial charge in [-0.2, -0.15) is 5.10 Å². The van der Waals surface area contributed by atoms with Crippen LogP contribution in [0.5, 0.6) is 0 Å². The number of aromatic nitrogens is 3. The summed E-state index contributed by atoms with van der Waals surface area (Å²) in [5.41, 5.74) is 5.09. The van der Waals surface area contributed by atoms with Crippen molar-refractivity contribution in [2.75, 3.05) is 6.54 Å². The van der Waals surface area contributed by atoms with E-state index in [1.807, 2.05) is 44.3 Å². The monoisotopic (exact) mass is 392 g/mol.